The molecule has 0 aliphatic carbocycles. The minimum absolute atomic E-state index is 0.555. The molecule has 0 bridgehead atoms. The summed E-state index contributed by atoms with van der Waals surface area (Å²) in [4.78, 5) is 4.83. The molecule has 0 amide bonds. The van der Waals surface area contributed by atoms with Gasteiger partial charge in [0.2, 0.25) is 4.96 Å². The number of benzene rings is 1. The third kappa shape index (κ3) is 2.69. The monoisotopic (exact) mass is 361 g/mol. The van der Waals surface area contributed by atoms with E-state index in [1.807, 2.05) is 30.3 Å². The van der Waals surface area contributed by atoms with E-state index >= 15 is 0 Å². The average Bonchev–Trinajstić information content (AvgIpc) is 3.12. The van der Waals surface area contributed by atoms with Crippen LogP contribution in [0.5, 0.6) is 0 Å². The van der Waals surface area contributed by atoms with E-state index < -0.39 is 0 Å². The Morgan fingerprint density at radius 2 is 1.87 bits per heavy atom. The highest BCUT2D eigenvalue weighted by Crippen LogP contribution is 2.29. The topological polar surface area (TPSA) is 56.0 Å². The third-order valence-corrected chi connectivity index (χ3v) is 4.95. The van der Waals surface area contributed by atoms with Crippen molar-refractivity contribution in [1.29, 1.82) is 0 Å². The molecule has 0 saturated heterocycles. The molecule has 0 atom stereocenters. The molecular formula is C15H9Cl2N5S. The number of rotatable bonds is 3. The molecule has 5 nitrogen and oxygen atoms in total. The number of aromatic nitrogens is 5. The van der Waals surface area contributed by atoms with Crippen LogP contribution in [0.3, 0.4) is 0 Å². The van der Waals surface area contributed by atoms with Crippen LogP contribution in [0.15, 0.2) is 42.7 Å². The third-order valence-electron chi connectivity index (χ3n) is 3.34. The van der Waals surface area contributed by atoms with E-state index in [0.29, 0.717) is 22.3 Å². The summed E-state index contributed by atoms with van der Waals surface area (Å²) < 4.78 is 1.72. The summed E-state index contributed by atoms with van der Waals surface area (Å²) in [7, 11) is 0. The fourth-order valence-corrected chi connectivity index (χ4v) is 3.63. The first-order valence-corrected chi connectivity index (χ1v) is 8.34. The summed E-state index contributed by atoms with van der Waals surface area (Å²) in [5, 5.41) is 15.1. The van der Waals surface area contributed by atoms with Crippen molar-refractivity contribution in [2.75, 3.05) is 0 Å². The van der Waals surface area contributed by atoms with Gasteiger partial charge in [-0.3, -0.25) is 4.98 Å². The van der Waals surface area contributed by atoms with Gasteiger partial charge in [0.05, 0.1) is 0 Å². The van der Waals surface area contributed by atoms with Crippen LogP contribution in [0.4, 0.5) is 0 Å². The summed E-state index contributed by atoms with van der Waals surface area (Å²) >= 11 is 13.9. The van der Waals surface area contributed by atoms with Crippen LogP contribution >= 0.6 is 34.5 Å². The van der Waals surface area contributed by atoms with E-state index in [-0.39, 0.29) is 0 Å². The van der Waals surface area contributed by atoms with Crippen molar-refractivity contribution in [3.8, 4) is 11.4 Å². The maximum absolute atomic E-state index is 6.23. The second-order valence-electron chi connectivity index (χ2n) is 4.83. The summed E-state index contributed by atoms with van der Waals surface area (Å²) in [6.07, 6.45) is 4.01. The van der Waals surface area contributed by atoms with Gasteiger partial charge in [0, 0.05) is 34.4 Å². The molecule has 0 aliphatic rings. The van der Waals surface area contributed by atoms with Crippen LogP contribution in [-0.4, -0.2) is 24.8 Å². The second-order valence-corrected chi connectivity index (χ2v) is 6.69. The van der Waals surface area contributed by atoms with E-state index in [0.717, 1.165) is 21.1 Å². The summed E-state index contributed by atoms with van der Waals surface area (Å²) in [5.74, 6) is 0.667. The Balaban J connectivity index is 1.75. The highest BCUT2D eigenvalue weighted by atomic mass is 35.5. The van der Waals surface area contributed by atoms with E-state index in [9.17, 15) is 0 Å². The summed E-state index contributed by atoms with van der Waals surface area (Å²) in [6, 6.07) is 9.25. The van der Waals surface area contributed by atoms with Gasteiger partial charge >= 0.3 is 0 Å². The van der Waals surface area contributed by atoms with Crippen LogP contribution in [0.2, 0.25) is 10.0 Å². The van der Waals surface area contributed by atoms with Gasteiger partial charge in [0.15, 0.2) is 5.82 Å². The van der Waals surface area contributed by atoms with Gasteiger partial charge in [0.1, 0.15) is 5.01 Å². The van der Waals surface area contributed by atoms with E-state index in [2.05, 4.69) is 20.3 Å². The fourth-order valence-electron chi connectivity index (χ4n) is 2.26. The zero-order valence-corrected chi connectivity index (χ0v) is 14.0. The van der Waals surface area contributed by atoms with Gasteiger partial charge in [-0.1, -0.05) is 40.6 Å². The molecular weight excluding hydrogens is 353 g/mol. The van der Waals surface area contributed by atoms with Gasteiger partial charge in [-0.2, -0.15) is 9.61 Å². The lowest BCUT2D eigenvalue weighted by Crippen LogP contribution is -1.95. The number of hydrogen-bond acceptors (Lipinski definition) is 5. The summed E-state index contributed by atoms with van der Waals surface area (Å²) in [5.41, 5.74) is 1.73. The van der Waals surface area contributed by atoms with E-state index in [1.54, 1.807) is 16.9 Å². The van der Waals surface area contributed by atoms with Gasteiger partial charge in [-0.25, -0.2) is 0 Å². The largest absolute Gasteiger partial charge is 0.264 e. The normalized spacial score (nSPS) is 11.2. The maximum atomic E-state index is 6.23. The number of fused-ring (bicyclic) bond motifs is 1. The molecule has 8 heteroatoms. The van der Waals surface area contributed by atoms with E-state index in [4.69, 9.17) is 23.2 Å². The number of nitrogens with zero attached hydrogens (tertiary/aromatic N) is 5. The molecule has 0 N–H and O–H groups in total. The van der Waals surface area contributed by atoms with Crippen LogP contribution in [0, 0.1) is 0 Å². The predicted molar refractivity (Wildman–Crippen MR) is 91.2 cm³/mol. The highest BCUT2D eigenvalue weighted by Gasteiger charge is 2.15. The van der Waals surface area contributed by atoms with Gasteiger partial charge in [0.25, 0.3) is 0 Å². The lowest BCUT2D eigenvalue weighted by Gasteiger charge is -2.03. The Bertz CT molecular complexity index is 960. The molecule has 4 rings (SSSR count). The minimum atomic E-state index is 0.555. The van der Waals surface area contributed by atoms with Crippen molar-refractivity contribution in [1.82, 2.24) is 24.8 Å². The van der Waals surface area contributed by atoms with Crippen molar-refractivity contribution < 1.29 is 0 Å². The van der Waals surface area contributed by atoms with Crippen molar-refractivity contribution in [3.63, 3.8) is 0 Å². The number of hydrogen-bond donors (Lipinski definition) is 0. The Morgan fingerprint density at radius 1 is 1.04 bits per heavy atom. The molecule has 0 fully saturated rings. The Hall–Kier alpha value is -2.02. The molecule has 23 heavy (non-hydrogen) atoms. The molecule has 0 unspecified atom stereocenters. The van der Waals surface area contributed by atoms with Crippen molar-refractivity contribution in [2.24, 2.45) is 0 Å². The molecule has 0 aliphatic heterocycles. The lowest BCUT2D eigenvalue weighted by atomic mass is 10.1. The van der Waals surface area contributed by atoms with Crippen LogP contribution in [0.1, 0.15) is 10.6 Å². The first kappa shape index (κ1) is 14.6. The second kappa shape index (κ2) is 5.88. The number of halogens is 2. The molecule has 0 spiro atoms. The fraction of sp³-hybridized carbons (Fsp3) is 0.0667. The molecule has 0 radical (unpaired) electrons. The minimum Gasteiger partial charge on any atom is -0.264 e. The SMILES string of the molecule is Clc1cccc(Cl)c1Cc1nn2c(-c3cccnc3)nnc2s1. The van der Waals surface area contributed by atoms with Gasteiger partial charge in [-0.15, -0.1) is 10.2 Å². The van der Waals surface area contributed by atoms with Crippen LogP contribution in [-0.2, 0) is 6.42 Å². The average molecular weight is 362 g/mol. The van der Waals surface area contributed by atoms with Crippen LogP contribution in [0.25, 0.3) is 16.3 Å². The Kier molecular flexibility index (Phi) is 3.72. The lowest BCUT2D eigenvalue weighted by molar-refractivity contribution is 0.917. The maximum Gasteiger partial charge on any atom is 0.234 e. The van der Waals surface area contributed by atoms with Gasteiger partial charge < -0.3 is 0 Å². The Labute approximate surface area is 145 Å². The summed E-state index contributed by atoms with van der Waals surface area (Å²) in [6.45, 7) is 0. The molecule has 3 heterocycles. The quantitative estimate of drug-likeness (QED) is 0.550. The van der Waals surface area contributed by atoms with E-state index in [1.165, 1.54) is 11.3 Å². The smallest absolute Gasteiger partial charge is 0.234 e. The number of pyridine rings is 1. The molecule has 1 aromatic carbocycles. The van der Waals surface area contributed by atoms with Gasteiger partial charge in [-0.05, 0) is 29.8 Å². The van der Waals surface area contributed by atoms with Crippen molar-refractivity contribution in [3.05, 3.63) is 63.3 Å². The molecule has 114 valence electrons. The van der Waals surface area contributed by atoms with Crippen LogP contribution < -0.4 is 0 Å². The Morgan fingerprint density at radius 3 is 2.61 bits per heavy atom. The zero-order chi connectivity index (χ0) is 15.8. The molecule has 3 aromatic heterocycles. The molecule has 0 saturated carbocycles. The zero-order valence-electron chi connectivity index (χ0n) is 11.6. The van der Waals surface area contributed by atoms with Crippen molar-refractivity contribution >= 4 is 39.5 Å². The predicted octanol–water partition coefficient (Wildman–Crippen LogP) is 4.15. The highest BCUT2D eigenvalue weighted by molar-refractivity contribution is 7.16. The molecule has 4 aromatic rings. The first-order chi connectivity index (χ1) is 11.2. The standard InChI is InChI=1S/C15H9Cl2N5S/c16-11-4-1-5-12(17)10(11)7-13-21-22-14(19-20-15(22)23-13)9-3-2-6-18-8-9/h1-6,8H,7H2. The van der Waals surface area contributed by atoms with Crippen molar-refractivity contribution in [2.45, 2.75) is 6.42 Å². The first-order valence-electron chi connectivity index (χ1n) is 6.77.